The third kappa shape index (κ3) is 17.2. The minimum atomic E-state index is -1.39. The summed E-state index contributed by atoms with van der Waals surface area (Å²) in [4.78, 5) is 78.8. The summed E-state index contributed by atoms with van der Waals surface area (Å²) in [5.74, 6) is 0.974. The van der Waals surface area contributed by atoms with E-state index in [0.717, 1.165) is 104 Å². The SMILES string of the molecule is CC1(C)c2ccccc2N(c2nc(-c3ccc(-c4ccccc4)cc3)c3nccnc3n2)c2cc3c(cc21)c1ccccc1n3-c1nc(-c2ccc(-c3ccccc3)cc2)c2nccnc2n1.CC1(C)c2ccccc2Nc2cc3[nH]c4ccccc4c3cc21.Clc1nc(-c2ccc(-c3ccccc3)cc2)c2nccnc2n1.Clc1nc(I)c2nccnc2n1.OB(O)c1ccc(-c2ccccc2)cc1. The lowest BCUT2D eigenvalue weighted by Gasteiger charge is -2.41. The lowest BCUT2D eigenvalue weighted by molar-refractivity contribution is 0.426. The van der Waals surface area contributed by atoms with Gasteiger partial charge in [-0.05, 0) is 167 Å². The second-order valence-electron chi connectivity index (χ2n) is 34.6. The van der Waals surface area contributed by atoms with Crippen LogP contribution in [0.4, 0.5) is 28.7 Å². The van der Waals surface area contributed by atoms with Crippen molar-refractivity contribution < 1.29 is 10.0 Å². The third-order valence-electron chi connectivity index (χ3n) is 25.4. The summed E-state index contributed by atoms with van der Waals surface area (Å²) >= 11 is 13.7. The molecule has 2 aliphatic heterocycles. The van der Waals surface area contributed by atoms with Gasteiger partial charge in [-0.3, -0.25) is 9.47 Å². The first-order valence-electron chi connectivity index (χ1n) is 45.3. The van der Waals surface area contributed by atoms with Gasteiger partial charge in [-0.1, -0.05) is 319 Å². The van der Waals surface area contributed by atoms with Crippen LogP contribution in [0.2, 0.25) is 10.6 Å². The predicted octanol–water partition coefficient (Wildman–Crippen LogP) is 25.8. The smallest absolute Gasteiger partial charge is 0.423 e. The van der Waals surface area contributed by atoms with Crippen molar-refractivity contribution in [1.29, 1.82) is 0 Å². The van der Waals surface area contributed by atoms with Crippen LogP contribution in [0.1, 0.15) is 49.9 Å². The van der Waals surface area contributed by atoms with Crippen LogP contribution in [-0.4, -0.2) is 106 Å². The van der Waals surface area contributed by atoms with E-state index in [4.69, 9.17) is 73.1 Å². The molecule has 24 aromatic rings. The topological polar surface area (TPSA) is 283 Å². The van der Waals surface area contributed by atoms with Crippen LogP contribution in [-0.2, 0) is 10.8 Å². The van der Waals surface area contributed by atoms with Crippen LogP contribution in [0.15, 0.2) is 389 Å². The van der Waals surface area contributed by atoms with Gasteiger partial charge >= 0.3 is 7.12 Å². The quantitative estimate of drug-likeness (QED) is 0.0428. The number of benzene rings is 14. The Bertz CT molecular complexity index is 8810. The van der Waals surface area contributed by atoms with Crippen molar-refractivity contribution in [1.82, 2.24) is 89.3 Å². The zero-order valence-electron chi connectivity index (χ0n) is 75.6. The van der Waals surface area contributed by atoms with Gasteiger partial charge in [-0.25, -0.2) is 59.8 Å². The molecule has 0 amide bonds. The van der Waals surface area contributed by atoms with Gasteiger partial charge in [0.1, 0.15) is 42.8 Å². The van der Waals surface area contributed by atoms with Gasteiger partial charge in [-0.2, -0.15) is 19.9 Å². The van der Waals surface area contributed by atoms with Crippen molar-refractivity contribution in [2.24, 2.45) is 0 Å². The fourth-order valence-electron chi connectivity index (χ4n) is 18.5. The molecule has 0 saturated heterocycles. The maximum Gasteiger partial charge on any atom is 0.488 e. The predicted molar refractivity (Wildman–Crippen MR) is 570 cm³/mol. The van der Waals surface area contributed by atoms with Gasteiger partial charge in [0.25, 0.3) is 0 Å². The largest absolute Gasteiger partial charge is 0.488 e. The van der Waals surface area contributed by atoms with Crippen LogP contribution >= 0.6 is 45.8 Å². The summed E-state index contributed by atoms with van der Waals surface area (Å²) in [5, 5.41) is 26.6. The van der Waals surface area contributed by atoms with E-state index in [1.807, 2.05) is 108 Å². The zero-order valence-corrected chi connectivity index (χ0v) is 79.3. The number of hydrogen-bond donors (Lipinski definition) is 4. The van der Waals surface area contributed by atoms with Gasteiger partial charge < -0.3 is 20.3 Å². The number of halogens is 3. The van der Waals surface area contributed by atoms with Gasteiger partial charge in [0.05, 0.1) is 22.4 Å². The molecule has 0 aliphatic carbocycles. The molecule has 12 heterocycles. The fraction of sp³-hybridized carbons (Fsp3) is 0.0526. The van der Waals surface area contributed by atoms with E-state index in [9.17, 15) is 0 Å². The first-order valence-corrected chi connectivity index (χ1v) is 47.1. The number of H-pyrrole nitrogens is 1. The van der Waals surface area contributed by atoms with Crippen molar-refractivity contribution in [3.05, 3.63) is 426 Å². The van der Waals surface area contributed by atoms with Gasteiger partial charge in [0.15, 0.2) is 22.6 Å². The molecule has 0 atom stereocenters. The van der Waals surface area contributed by atoms with Gasteiger partial charge in [-0.15, -0.1) is 0 Å². The Balaban J connectivity index is 0.000000124. The molecule has 0 spiro atoms. The summed E-state index contributed by atoms with van der Waals surface area (Å²) in [7, 11) is -1.39. The summed E-state index contributed by atoms with van der Waals surface area (Å²) < 4.78 is 2.87. The summed E-state index contributed by atoms with van der Waals surface area (Å²) in [6.07, 6.45) is 13.1. The monoisotopic (exact) mass is 1970 g/mol. The van der Waals surface area contributed by atoms with Crippen molar-refractivity contribution >= 4 is 175 Å². The second-order valence-corrected chi connectivity index (χ2v) is 36.3. The Morgan fingerprint density at radius 2 is 0.686 bits per heavy atom. The molecule has 0 bridgehead atoms. The number of aromatic nitrogens is 18. The molecule has 0 fully saturated rings. The molecule has 10 aromatic heterocycles. The molecule has 2 aliphatic rings. The van der Waals surface area contributed by atoms with Crippen LogP contribution in [0.25, 0.3) is 172 Å². The highest BCUT2D eigenvalue weighted by Gasteiger charge is 2.40. The molecule has 0 unspecified atom stereocenters. The normalized spacial score (nSPS) is 12.5. The maximum absolute atomic E-state index is 8.94. The van der Waals surface area contributed by atoms with Crippen LogP contribution < -0.4 is 15.7 Å². The number of fused-ring (bicyclic) bond motifs is 14. The van der Waals surface area contributed by atoms with Crippen molar-refractivity contribution in [3.63, 3.8) is 0 Å². The van der Waals surface area contributed by atoms with Crippen molar-refractivity contribution in [3.8, 4) is 84.2 Å². The number of hydrogen-bond acceptors (Lipinski definition) is 20. The minimum absolute atomic E-state index is 0.0102. The molecule has 14 aromatic carbocycles. The van der Waals surface area contributed by atoms with E-state index in [0.29, 0.717) is 79.1 Å². The molecule has 26 heteroatoms. The highest BCUT2D eigenvalue weighted by atomic mass is 127. The standard InChI is InChI=1S/C57H38N10.C21H18N2.C18H11ClN4.C12H11BO2.C6H2ClIN4/c1-57(2)43-18-10-12-20-46(43)67(56-63-50(52-54(65-56)61-32-30-59-52)40-27-23-38(24-28-40)36-15-7-4-8-16-36)48-34-47-42(33-44(48)57)41-17-9-11-19-45(41)66(47)55-62-49(51-53(64-55)60-31-29-58-51)39-25-21-37(22-26-39)35-13-5-3-6-14-35;1-21(2)15-8-4-6-10-18(15)23-20-12-19-14(11-16(20)21)13-7-3-5-9-17(13)22-19;19-18-22-15(16-17(23-18)21-11-10-20-16)14-8-6-13(7-9-14)12-4-2-1-3-5-12;14-13(15)12-8-6-11(7-9-12)10-4-2-1-3-5-10;7-6-11-4(8)3-5(12-6)10-2-1-9-3/h3-34H,1-2H3;3-12,22-23H,1-2H3;1-11H;1-9,14-15H;1-2H. The molecular weight excluding hydrogens is 1890 g/mol. The number of para-hydroxylation sites is 4. The molecule has 672 valence electrons. The Morgan fingerprint density at radius 1 is 0.293 bits per heavy atom. The molecule has 140 heavy (non-hydrogen) atoms. The highest BCUT2D eigenvalue weighted by molar-refractivity contribution is 14.1. The summed E-state index contributed by atoms with van der Waals surface area (Å²) in [5.41, 5.74) is 32.2. The van der Waals surface area contributed by atoms with Crippen LogP contribution in [0.5, 0.6) is 0 Å². The van der Waals surface area contributed by atoms with Crippen LogP contribution in [0, 0.1) is 3.70 Å². The Kier molecular flexibility index (Phi) is 23.9. The number of anilines is 5. The Hall–Kier alpha value is -16.7. The fourth-order valence-corrected chi connectivity index (χ4v) is 19.6. The lowest BCUT2D eigenvalue weighted by Crippen LogP contribution is -2.31. The number of nitrogens with one attached hydrogen (secondary N) is 2. The van der Waals surface area contributed by atoms with E-state index < -0.39 is 12.5 Å². The van der Waals surface area contributed by atoms with E-state index in [-0.39, 0.29) is 16.0 Å². The maximum atomic E-state index is 8.94. The van der Waals surface area contributed by atoms with E-state index in [2.05, 4.69) is 330 Å². The number of aromatic amines is 1. The summed E-state index contributed by atoms with van der Waals surface area (Å²) in [6, 6.07) is 116. The lowest BCUT2D eigenvalue weighted by atomic mass is 9.73. The zero-order chi connectivity index (χ0) is 95.1. The molecular formula is C114H80BCl2IN20O2. The highest BCUT2D eigenvalue weighted by Crippen LogP contribution is 2.54. The van der Waals surface area contributed by atoms with Crippen molar-refractivity contribution in [2.45, 2.75) is 38.5 Å². The number of nitrogens with zero attached hydrogens (tertiary/aromatic N) is 18. The van der Waals surface area contributed by atoms with E-state index >= 15 is 0 Å². The molecule has 0 radical (unpaired) electrons. The summed E-state index contributed by atoms with van der Waals surface area (Å²) in [6.45, 7) is 9.21. The molecule has 22 nitrogen and oxygen atoms in total. The van der Waals surface area contributed by atoms with Gasteiger partial charge in [0, 0.05) is 121 Å². The first kappa shape index (κ1) is 88.5. The van der Waals surface area contributed by atoms with E-state index in [1.54, 1.807) is 61.7 Å². The average Bonchev–Trinajstić information content (AvgIpc) is 1.32. The number of rotatable bonds is 10. The minimum Gasteiger partial charge on any atom is -0.423 e. The Morgan fingerprint density at radius 3 is 1.22 bits per heavy atom. The Labute approximate surface area is 827 Å². The molecule has 26 rings (SSSR count). The molecule has 4 N–H and O–H groups in total. The molecule has 0 saturated carbocycles. The third-order valence-corrected chi connectivity index (χ3v) is 26.5. The van der Waals surface area contributed by atoms with Gasteiger partial charge in [0.2, 0.25) is 22.5 Å². The first-order chi connectivity index (χ1) is 68.5. The second kappa shape index (κ2) is 37.7. The van der Waals surface area contributed by atoms with Crippen LogP contribution in [0.3, 0.4) is 0 Å². The van der Waals surface area contributed by atoms with E-state index in [1.165, 1.54) is 49.9 Å². The van der Waals surface area contributed by atoms with Crippen molar-refractivity contribution in [2.75, 3.05) is 10.2 Å². The average molecular weight is 1970 g/mol.